The summed E-state index contributed by atoms with van der Waals surface area (Å²) in [5.74, 6) is 0.603. The SMILES string of the molecule is CN=C1NC(=O)S/C1=C\c1ccc2nn(Cc3ccc(OCOCC[Si](C)(C)C)cc3C(F)(F)F)cc2c1. The Morgan fingerprint density at radius 2 is 1.97 bits per heavy atom. The van der Waals surface area contributed by atoms with Gasteiger partial charge in [0.1, 0.15) is 11.6 Å². The van der Waals surface area contributed by atoms with Gasteiger partial charge in [0.05, 0.1) is 22.5 Å². The number of ether oxygens (including phenoxy) is 2. The zero-order valence-corrected chi connectivity index (χ0v) is 23.4. The third kappa shape index (κ3) is 7.26. The summed E-state index contributed by atoms with van der Waals surface area (Å²) >= 11 is 1.05. The van der Waals surface area contributed by atoms with E-state index in [1.54, 1.807) is 19.3 Å². The highest BCUT2D eigenvalue weighted by molar-refractivity contribution is 8.18. The summed E-state index contributed by atoms with van der Waals surface area (Å²) in [6.45, 7) is 7.02. The van der Waals surface area contributed by atoms with Gasteiger partial charge in [0.25, 0.3) is 5.24 Å². The number of amidine groups is 1. The van der Waals surface area contributed by atoms with Crippen LogP contribution in [-0.4, -0.2) is 49.4 Å². The van der Waals surface area contributed by atoms with E-state index in [0.717, 1.165) is 34.8 Å². The average molecular weight is 563 g/mol. The van der Waals surface area contributed by atoms with Crippen LogP contribution in [0.25, 0.3) is 17.0 Å². The Balaban J connectivity index is 1.49. The number of halogens is 3. The van der Waals surface area contributed by atoms with Gasteiger partial charge in [0.15, 0.2) is 6.79 Å². The van der Waals surface area contributed by atoms with Gasteiger partial charge >= 0.3 is 6.18 Å². The van der Waals surface area contributed by atoms with Gasteiger partial charge in [0.2, 0.25) is 0 Å². The first-order chi connectivity index (χ1) is 17.9. The number of hydrogen-bond donors (Lipinski definition) is 1. The van der Waals surface area contributed by atoms with E-state index in [0.29, 0.717) is 22.9 Å². The van der Waals surface area contributed by atoms with Crippen molar-refractivity contribution in [3.05, 3.63) is 64.2 Å². The molecule has 7 nitrogen and oxygen atoms in total. The quantitative estimate of drug-likeness (QED) is 0.180. The predicted octanol–water partition coefficient (Wildman–Crippen LogP) is 6.62. The minimum Gasteiger partial charge on any atom is -0.468 e. The fraction of sp³-hybridized carbons (Fsp3) is 0.346. The Morgan fingerprint density at radius 1 is 1.18 bits per heavy atom. The summed E-state index contributed by atoms with van der Waals surface area (Å²) in [6.07, 6.45) is -1.02. The first-order valence-corrected chi connectivity index (χ1v) is 16.5. The van der Waals surface area contributed by atoms with Crippen LogP contribution in [0, 0.1) is 0 Å². The van der Waals surface area contributed by atoms with E-state index in [2.05, 4.69) is 35.0 Å². The monoisotopic (exact) mass is 562 g/mol. The van der Waals surface area contributed by atoms with Crippen molar-refractivity contribution in [3.8, 4) is 5.75 Å². The van der Waals surface area contributed by atoms with Crippen molar-refractivity contribution in [2.45, 2.75) is 38.4 Å². The Labute approximate surface area is 224 Å². The number of aliphatic imine (C=N–C) groups is 1. The molecule has 0 aliphatic carbocycles. The van der Waals surface area contributed by atoms with Crippen molar-refractivity contribution in [1.82, 2.24) is 15.1 Å². The molecular formula is C26H29F3N4O3SSi. The molecule has 1 aromatic heterocycles. The average Bonchev–Trinajstić information content (AvgIpc) is 3.39. The number of alkyl halides is 3. The van der Waals surface area contributed by atoms with Crippen LogP contribution in [0.15, 0.2) is 52.5 Å². The fourth-order valence-corrected chi connectivity index (χ4v) is 5.32. The van der Waals surface area contributed by atoms with E-state index >= 15 is 0 Å². The van der Waals surface area contributed by atoms with E-state index in [-0.39, 0.29) is 29.9 Å². The van der Waals surface area contributed by atoms with Gasteiger partial charge in [-0.25, -0.2) is 0 Å². The topological polar surface area (TPSA) is 77.7 Å². The van der Waals surface area contributed by atoms with Crippen LogP contribution in [0.2, 0.25) is 25.7 Å². The predicted molar refractivity (Wildman–Crippen MR) is 147 cm³/mol. The zero-order chi connectivity index (χ0) is 27.5. The number of rotatable bonds is 9. The summed E-state index contributed by atoms with van der Waals surface area (Å²) in [4.78, 5) is 16.4. The normalized spacial score (nSPS) is 16.6. The van der Waals surface area contributed by atoms with E-state index in [4.69, 9.17) is 9.47 Å². The number of amides is 1. The van der Waals surface area contributed by atoms with E-state index < -0.39 is 19.8 Å². The Bertz CT molecular complexity index is 1400. The van der Waals surface area contributed by atoms with Crippen LogP contribution in [-0.2, 0) is 17.5 Å². The number of carbonyl (C=O) groups excluding carboxylic acids is 1. The smallest absolute Gasteiger partial charge is 0.416 e. The number of nitrogens with zero attached hydrogens (tertiary/aromatic N) is 3. The van der Waals surface area contributed by atoms with Crippen molar-refractivity contribution >= 4 is 47.9 Å². The Hall–Kier alpha value is -3.09. The van der Waals surface area contributed by atoms with E-state index in [1.165, 1.54) is 16.8 Å². The highest BCUT2D eigenvalue weighted by Crippen LogP contribution is 2.35. The second kappa shape index (κ2) is 11.3. The van der Waals surface area contributed by atoms with Crippen molar-refractivity contribution < 1.29 is 27.4 Å². The number of hydrogen-bond acceptors (Lipinski definition) is 6. The second-order valence-corrected chi connectivity index (χ2v) is 16.7. The van der Waals surface area contributed by atoms with E-state index in [1.807, 2.05) is 18.2 Å². The minimum absolute atomic E-state index is 0.0617. The molecule has 1 aliphatic rings. The molecule has 3 aromatic rings. The lowest BCUT2D eigenvalue weighted by atomic mass is 10.1. The first kappa shape index (κ1) is 27.9. The van der Waals surface area contributed by atoms with Crippen LogP contribution in [0.5, 0.6) is 5.75 Å². The number of thioether (sulfide) groups is 1. The second-order valence-electron chi connectivity index (χ2n) is 10.0. The van der Waals surface area contributed by atoms with Gasteiger partial charge in [-0.2, -0.15) is 18.3 Å². The molecule has 2 heterocycles. The summed E-state index contributed by atoms with van der Waals surface area (Å²) in [5.41, 5.74) is 0.773. The molecule has 0 atom stereocenters. The molecule has 1 amide bonds. The largest absolute Gasteiger partial charge is 0.468 e. The molecule has 1 fully saturated rings. The standard InChI is InChI=1S/C26H29F3N4O3SSi/c1-30-24-23(37-25(34)31-24)12-17-5-8-22-19(11-17)15-33(32-22)14-18-6-7-20(13-21(18)26(27,28)29)36-16-35-9-10-38(2,3)4/h5-8,11-13,15H,9-10,14,16H2,1-4H3,(H,30,31,34)/b23-12-. The maximum atomic E-state index is 13.9. The van der Waals surface area contributed by atoms with Crippen LogP contribution in [0.4, 0.5) is 18.0 Å². The summed E-state index contributed by atoms with van der Waals surface area (Å²) in [6, 6.07) is 10.4. The lowest BCUT2D eigenvalue weighted by Gasteiger charge is -2.17. The van der Waals surface area contributed by atoms with Crippen LogP contribution >= 0.6 is 11.8 Å². The first-order valence-electron chi connectivity index (χ1n) is 12.0. The van der Waals surface area contributed by atoms with Gasteiger partial charge in [-0.3, -0.25) is 14.5 Å². The molecule has 0 spiro atoms. The molecule has 202 valence electrons. The molecule has 12 heteroatoms. The summed E-state index contributed by atoms with van der Waals surface area (Å²) < 4.78 is 54.0. The molecular weight excluding hydrogens is 533 g/mol. The van der Waals surface area contributed by atoms with Gasteiger partial charge in [-0.15, -0.1) is 0 Å². The molecule has 0 bridgehead atoms. The molecule has 1 saturated heterocycles. The van der Waals surface area contributed by atoms with Gasteiger partial charge in [-0.1, -0.05) is 31.8 Å². The minimum atomic E-state index is -4.55. The summed E-state index contributed by atoms with van der Waals surface area (Å²) in [5, 5.41) is 7.68. The highest BCUT2D eigenvalue weighted by Gasteiger charge is 2.34. The molecule has 4 rings (SSSR count). The molecule has 0 radical (unpaired) electrons. The van der Waals surface area contributed by atoms with Gasteiger partial charge in [0, 0.05) is 33.3 Å². The molecule has 38 heavy (non-hydrogen) atoms. The lowest BCUT2D eigenvalue weighted by molar-refractivity contribution is -0.138. The molecule has 1 aliphatic heterocycles. The third-order valence-electron chi connectivity index (χ3n) is 5.78. The van der Waals surface area contributed by atoms with Crippen LogP contribution in [0.3, 0.4) is 0 Å². The third-order valence-corrected chi connectivity index (χ3v) is 8.30. The number of benzene rings is 2. The Kier molecular flexibility index (Phi) is 8.33. The number of aromatic nitrogens is 2. The maximum absolute atomic E-state index is 13.9. The zero-order valence-electron chi connectivity index (χ0n) is 21.6. The Morgan fingerprint density at radius 3 is 2.68 bits per heavy atom. The highest BCUT2D eigenvalue weighted by atomic mass is 32.2. The number of carbonyl (C=O) groups is 1. The van der Waals surface area contributed by atoms with Crippen molar-refractivity contribution in [3.63, 3.8) is 0 Å². The van der Waals surface area contributed by atoms with Crippen LogP contribution < -0.4 is 10.1 Å². The van der Waals surface area contributed by atoms with Crippen molar-refractivity contribution in [2.75, 3.05) is 20.4 Å². The molecule has 2 aromatic carbocycles. The van der Waals surface area contributed by atoms with Crippen LogP contribution in [0.1, 0.15) is 16.7 Å². The number of nitrogens with one attached hydrogen (secondary N) is 1. The number of fused-ring (bicyclic) bond motifs is 1. The van der Waals surface area contributed by atoms with E-state index in [9.17, 15) is 18.0 Å². The van der Waals surface area contributed by atoms with Crippen molar-refractivity contribution in [1.29, 1.82) is 0 Å². The molecule has 1 N–H and O–H groups in total. The maximum Gasteiger partial charge on any atom is 0.416 e. The molecule has 0 saturated carbocycles. The summed E-state index contributed by atoms with van der Waals surface area (Å²) in [7, 11) is 0.340. The lowest BCUT2D eigenvalue weighted by Crippen LogP contribution is -2.22. The molecule has 0 unspecified atom stereocenters. The fourth-order valence-electron chi connectivity index (χ4n) is 3.78. The van der Waals surface area contributed by atoms with Gasteiger partial charge in [-0.05, 0) is 59.3 Å². The van der Waals surface area contributed by atoms with Gasteiger partial charge < -0.3 is 14.8 Å². The van der Waals surface area contributed by atoms with Crippen molar-refractivity contribution in [2.24, 2.45) is 4.99 Å².